The standard InChI is InChI=1S/C27H35N3O4/c1-17-7-8-21(11-18(17)2)24-13-25(23-10-9-22(32-5)12-26(23)33-6)30(28-24)27(31)16-29-14-19(3)34-20(4)15-29/h7-12,19-20,25H,13-16H2,1-6H3. The number of hydrazone groups is 1. The smallest absolute Gasteiger partial charge is 0.257 e. The van der Waals surface area contributed by atoms with Gasteiger partial charge in [0.25, 0.3) is 5.91 Å². The molecule has 0 aliphatic carbocycles. The van der Waals surface area contributed by atoms with E-state index in [1.54, 1.807) is 19.2 Å². The van der Waals surface area contributed by atoms with Gasteiger partial charge in [0.1, 0.15) is 11.5 Å². The summed E-state index contributed by atoms with van der Waals surface area (Å²) >= 11 is 0. The van der Waals surface area contributed by atoms with Crippen LogP contribution in [0.25, 0.3) is 0 Å². The number of carbonyl (C=O) groups is 1. The van der Waals surface area contributed by atoms with Crippen LogP contribution >= 0.6 is 0 Å². The third kappa shape index (κ3) is 5.10. The Morgan fingerprint density at radius 1 is 1.03 bits per heavy atom. The molecule has 0 radical (unpaired) electrons. The zero-order valence-electron chi connectivity index (χ0n) is 21.0. The van der Waals surface area contributed by atoms with Crippen molar-refractivity contribution in [1.82, 2.24) is 9.91 Å². The molecular weight excluding hydrogens is 430 g/mol. The summed E-state index contributed by atoms with van der Waals surface area (Å²) in [6, 6.07) is 11.8. The molecule has 0 N–H and O–H groups in total. The number of methoxy groups -OCH3 is 2. The maximum absolute atomic E-state index is 13.6. The van der Waals surface area contributed by atoms with E-state index in [0.717, 1.165) is 29.9 Å². The van der Waals surface area contributed by atoms with E-state index in [9.17, 15) is 4.79 Å². The Kier molecular flexibility index (Phi) is 7.24. The molecule has 2 aromatic rings. The summed E-state index contributed by atoms with van der Waals surface area (Å²) in [7, 11) is 3.27. The predicted octanol–water partition coefficient (Wildman–Crippen LogP) is 4.11. The molecule has 34 heavy (non-hydrogen) atoms. The molecule has 3 atom stereocenters. The molecule has 7 nitrogen and oxygen atoms in total. The van der Waals surface area contributed by atoms with E-state index in [1.165, 1.54) is 11.1 Å². The summed E-state index contributed by atoms with van der Waals surface area (Å²) in [5.74, 6) is 1.37. The summed E-state index contributed by atoms with van der Waals surface area (Å²) < 4.78 is 16.9. The average Bonchev–Trinajstić information content (AvgIpc) is 3.25. The second-order valence-electron chi connectivity index (χ2n) is 9.36. The second kappa shape index (κ2) is 10.2. The van der Waals surface area contributed by atoms with Crippen molar-refractivity contribution in [3.8, 4) is 11.5 Å². The summed E-state index contributed by atoms with van der Waals surface area (Å²) in [5, 5.41) is 6.52. The third-order valence-electron chi connectivity index (χ3n) is 6.66. The van der Waals surface area contributed by atoms with Crippen molar-refractivity contribution in [3.05, 3.63) is 58.7 Å². The highest BCUT2D eigenvalue weighted by atomic mass is 16.5. The van der Waals surface area contributed by atoms with Gasteiger partial charge in [-0.1, -0.05) is 12.1 Å². The molecule has 0 spiro atoms. The van der Waals surface area contributed by atoms with Crippen molar-refractivity contribution < 1.29 is 19.0 Å². The molecule has 2 aliphatic heterocycles. The van der Waals surface area contributed by atoms with Crippen molar-refractivity contribution in [2.45, 2.75) is 52.4 Å². The first-order chi connectivity index (χ1) is 16.3. The average molecular weight is 466 g/mol. The van der Waals surface area contributed by atoms with Gasteiger partial charge in [-0.25, -0.2) is 5.01 Å². The predicted molar refractivity (Wildman–Crippen MR) is 133 cm³/mol. The van der Waals surface area contributed by atoms with E-state index in [4.69, 9.17) is 19.3 Å². The lowest BCUT2D eigenvalue weighted by Crippen LogP contribution is -2.49. The quantitative estimate of drug-likeness (QED) is 0.643. The van der Waals surface area contributed by atoms with E-state index < -0.39 is 0 Å². The van der Waals surface area contributed by atoms with Crippen LogP contribution in [0.4, 0.5) is 0 Å². The summed E-state index contributed by atoms with van der Waals surface area (Å²) in [6.07, 6.45) is 0.816. The van der Waals surface area contributed by atoms with Crippen LogP contribution in [0.1, 0.15) is 48.6 Å². The zero-order chi connectivity index (χ0) is 24.4. The maximum Gasteiger partial charge on any atom is 0.257 e. The number of hydrogen-bond acceptors (Lipinski definition) is 6. The number of amides is 1. The van der Waals surface area contributed by atoms with Crippen molar-refractivity contribution in [2.24, 2.45) is 5.10 Å². The second-order valence-corrected chi connectivity index (χ2v) is 9.36. The van der Waals surface area contributed by atoms with Crippen LogP contribution < -0.4 is 9.47 Å². The minimum atomic E-state index is -0.249. The molecule has 4 rings (SSSR count). The minimum absolute atomic E-state index is 0.0250. The van der Waals surface area contributed by atoms with Crippen LogP contribution in [0.5, 0.6) is 11.5 Å². The summed E-state index contributed by atoms with van der Waals surface area (Å²) in [6.45, 7) is 10.1. The van der Waals surface area contributed by atoms with Crippen LogP contribution in [-0.4, -0.2) is 67.6 Å². The van der Waals surface area contributed by atoms with Crippen molar-refractivity contribution in [1.29, 1.82) is 0 Å². The molecule has 1 fully saturated rings. The Morgan fingerprint density at radius 2 is 1.76 bits per heavy atom. The van der Waals surface area contributed by atoms with Crippen molar-refractivity contribution >= 4 is 11.6 Å². The Balaban J connectivity index is 1.66. The van der Waals surface area contributed by atoms with Crippen LogP contribution in [0.2, 0.25) is 0 Å². The van der Waals surface area contributed by atoms with E-state index in [-0.39, 0.29) is 24.2 Å². The normalized spacial score (nSPS) is 23.1. The maximum atomic E-state index is 13.6. The molecule has 7 heteroatoms. The van der Waals surface area contributed by atoms with Gasteiger partial charge in [0.2, 0.25) is 0 Å². The van der Waals surface area contributed by atoms with E-state index in [2.05, 4.69) is 36.9 Å². The van der Waals surface area contributed by atoms with Gasteiger partial charge >= 0.3 is 0 Å². The lowest BCUT2D eigenvalue weighted by Gasteiger charge is -2.35. The largest absolute Gasteiger partial charge is 0.497 e. The number of nitrogens with zero attached hydrogens (tertiary/aromatic N) is 3. The fourth-order valence-corrected chi connectivity index (χ4v) is 4.85. The van der Waals surface area contributed by atoms with Gasteiger partial charge in [-0.05, 0) is 62.6 Å². The zero-order valence-corrected chi connectivity index (χ0v) is 21.0. The number of carbonyl (C=O) groups excluding carboxylic acids is 1. The highest BCUT2D eigenvalue weighted by Crippen LogP contribution is 2.39. The van der Waals surface area contributed by atoms with Gasteiger partial charge in [0.15, 0.2) is 0 Å². The Hall–Kier alpha value is -2.90. The first-order valence-electron chi connectivity index (χ1n) is 11.9. The molecule has 1 amide bonds. The molecule has 2 aromatic carbocycles. The monoisotopic (exact) mass is 465 g/mol. The Bertz CT molecular complexity index is 1070. The number of rotatable bonds is 6. The van der Waals surface area contributed by atoms with E-state index in [1.807, 2.05) is 32.0 Å². The van der Waals surface area contributed by atoms with E-state index in [0.29, 0.717) is 24.5 Å². The fraction of sp³-hybridized carbons (Fsp3) is 0.481. The molecule has 0 aromatic heterocycles. The minimum Gasteiger partial charge on any atom is -0.497 e. The molecular formula is C27H35N3O4. The number of aryl methyl sites for hydroxylation is 2. The van der Waals surface area contributed by atoms with Crippen molar-refractivity contribution in [3.63, 3.8) is 0 Å². The molecule has 182 valence electrons. The first kappa shape index (κ1) is 24.2. The van der Waals surface area contributed by atoms with Gasteiger partial charge in [-0.2, -0.15) is 5.10 Å². The third-order valence-corrected chi connectivity index (χ3v) is 6.66. The van der Waals surface area contributed by atoms with Gasteiger partial charge in [0, 0.05) is 31.1 Å². The topological polar surface area (TPSA) is 63.6 Å². The van der Waals surface area contributed by atoms with Gasteiger partial charge in [-0.15, -0.1) is 0 Å². The molecule has 2 aliphatic rings. The highest BCUT2D eigenvalue weighted by molar-refractivity contribution is 6.03. The summed E-state index contributed by atoms with van der Waals surface area (Å²) in [5.41, 5.74) is 5.31. The molecule has 0 bridgehead atoms. The molecule has 2 heterocycles. The van der Waals surface area contributed by atoms with Gasteiger partial charge < -0.3 is 14.2 Å². The SMILES string of the molecule is COc1ccc(C2CC(c3ccc(C)c(C)c3)=NN2C(=O)CN2CC(C)OC(C)C2)c(OC)c1. The van der Waals surface area contributed by atoms with Crippen LogP contribution in [0.3, 0.4) is 0 Å². The number of hydrogen-bond donors (Lipinski definition) is 0. The first-order valence-corrected chi connectivity index (χ1v) is 11.9. The number of benzene rings is 2. The Morgan fingerprint density at radius 3 is 2.41 bits per heavy atom. The van der Waals surface area contributed by atoms with Crippen LogP contribution in [0, 0.1) is 13.8 Å². The van der Waals surface area contributed by atoms with E-state index >= 15 is 0 Å². The molecule has 3 unspecified atom stereocenters. The van der Waals surface area contributed by atoms with Gasteiger partial charge in [0.05, 0.1) is 44.7 Å². The lowest BCUT2D eigenvalue weighted by atomic mass is 9.96. The van der Waals surface area contributed by atoms with Crippen LogP contribution in [-0.2, 0) is 9.53 Å². The lowest BCUT2D eigenvalue weighted by molar-refractivity contribution is -0.137. The van der Waals surface area contributed by atoms with Crippen LogP contribution in [0.15, 0.2) is 41.5 Å². The molecule has 0 saturated carbocycles. The number of morpholine rings is 1. The summed E-state index contributed by atoms with van der Waals surface area (Å²) in [4.78, 5) is 15.8. The van der Waals surface area contributed by atoms with Gasteiger partial charge in [-0.3, -0.25) is 9.69 Å². The number of ether oxygens (including phenoxy) is 3. The molecule has 1 saturated heterocycles. The Labute approximate surface area is 202 Å². The highest BCUT2D eigenvalue weighted by Gasteiger charge is 2.36. The fourth-order valence-electron chi connectivity index (χ4n) is 4.85. The van der Waals surface area contributed by atoms with Crippen molar-refractivity contribution in [2.75, 3.05) is 33.9 Å².